The Balaban J connectivity index is 2.37. The number of carbonyl (C=O) groups is 1. The number of amides is 1. The van der Waals surface area contributed by atoms with Gasteiger partial charge < -0.3 is 5.32 Å². The summed E-state index contributed by atoms with van der Waals surface area (Å²) in [5.41, 5.74) is 5.39. The molecule has 0 saturated carbocycles. The normalized spacial score (nSPS) is 9.95. The number of carbonyl (C=O) groups excluding carboxylic acids is 1. The lowest BCUT2D eigenvalue weighted by atomic mass is 10.2. The lowest BCUT2D eigenvalue weighted by molar-refractivity contribution is 0.0943. The molecule has 0 fully saturated rings. The molecule has 0 aromatic heterocycles. The average molecular weight is 362 g/mol. The maximum Gasteiger partial charge on any atom is 0.270 e. The molecule has 1 aromatic carbocycles. The number of hydrogen-bond donors (Lipinski definition) is 3. The molecule has 3 N–H and O–H groups in total. The van der Waals surface area contributed by atoms with E-state index in [0.29, 0.717) is 15.1 Å². The van der Waals surface area contributed by atoms with Crippen molar-refractivity contribution in [3.8, 4) is 0 Å². The molecule has 1 aromatic rings. The SMILES string of the molecule is CCCCCNC(=S)NNC(=O)c1ccc(F)cc1Br. The Kier molecular flexibility index (Phi) is 7.46. The van der Waals surface area contributed by atoms with Crippen LogP contribution in [0.1, 0.15) is 36.5 Å². The second-order valence-corrected chi connectivity index (χ2v) is 5.43. The van der Waals surface area contributed by atoms with E-state index in [9.17, 15) is 9.18 Å². The van der Waals surface area contributed by atoms with Crippen LogP contribution in [0.15, 0.2) is 22.7 Å². The van der Waals surface area contributed by atoms with E-state index in [-0.39, 0.29) is 0 Å². The second-order valence-electron chi connectivity index (χ2n) is 4.17. The summed E-state index contributed by atoms with van der Waals surface area (Å²) in [6, 6.07) is 3.85. The maximum absolute atomic E-state index is 12.9. The topological polar surface area (TPSA) is 53.2 Å². The maximum atomic E-state index is 12.9. The fourth-order valence-corrected chi connectivity index (χ4v) is 2.16. The first-order valence-electron chi connectivity index (χ1n) is 6.33. The summed E-state index contributed by atoms with van der Waals surface area (Å²) in [5, 5.41) is 3.34. The number of hydrazine groups is 1. The van der Waals surface area contributed by atoms with Crippen molar-refractivity contribution in [3.05, 3.63) is 34.1 Å². The highest BCUT2D eigenvalue weighted by atomic mass is 79.9. The van der Waals surface area contributed by atoms with Crippen LogP contribution in [0.3, 0.4) is 0 Å². The van der Waals surface area contributed by atoms with E-state index in [1.807, 2.05) is 0 Å². The Hall–Kier alpha value is -1.21. The minimum Gasteiger partial charge on any atom is -0.361 e. The lowest BCUT2D eigenvalue weighted by Crippen LogP contribution is -2.47. The Morgan fingerprint density at radius 2 is 2.10 bits per heavy atom. The number of thiocarbonyl (C=S) groups is 1. The zero-order chi connectivity index (χ0) is 15.0. The summed E-state index contributed by atoms with van der Waals surface area (Å²) < 4.78 is 13.3. The molecule has 4 nitrogen and oxygen atoms in total. The summed E-state index contributed by atoms with van der Waals surface area (Å²) in [6.07, 6.45) is 3.29. The van der Waals surface area contributed by atoms with Crippen molar-refractivity contribution in [1.82, 2.24) is 16.2 Å². The second kappa shape index (κ2) is 8.86. The van der Waals surface area contributed by atoms with Gasteiger partial charge in [0.25, 0.3) is 5.91 Å². The molecule has 0 unspecified atom stereocenters. The molecular weight excluding hydrogens is 345 g/mol. The van der Waals surface area contributed by atoms with Gasteiger partial charge in [0.05, 0.1) is 5.56 Å². The first-order chi connectivity index (χ1) is 9.54. The molecule has 0 aliphatic carbocycles. The molecule has 0 heterocycles. The minimum atomic E-state index is -0.408. The largest absolute Gasteiger partial charge is 0.361 e. The van der Waals surface area contributed by atoms with Crippen molar-refractivity contribution in [2.45, 2.75) is 26.2 Å². The summed E-state index contributed by atoms with van der Waals surface area (Å²) >= 11 is 8.15. The van der Waals surface area contributed by atoms with E-state index >= 15 is 0 Å². The van der Waals surface area contributed by atoms with Gasteiger partial charge in [0.15, 0.2) is 5.11 Å². The van der Waals surface area contributed by atoms with Crippen molar-refractivity contribution < 1.29 is 9.18 Å². The van der Waals surface area contributed by atoms with E-state index < -0.39 is 11.7 Å². The molecule has 0 saturated heterocycles. The summed E-state index contributed by atoms with van der Waals surface area (Å²) in [5.74, 6) is -0.802. The molecule has 110 valence electrons. The Morgan fingerprint density at radius 3 is 2.75 bits per heavy atom. The van der Waals surface area contributed by atoms with E-state index in [0.717, 1.165) is 25.8 Å². The summed E-state index contributed by atoms with van der Waals surface area (Å²) in [4.78, 5) is 11.8. The van der Waals surface area contributed by atoms with Crippen molar-refractivity contribution in [2.75, 3.05) is 6.54 Å². The van der Waals surface area contributed by atoms with Gasteiger partial charge in [-0.15, -0.1) is 0 Å². The van der Waals surface area contributed by atoms with Crippen LogP contribution in [-0.2, 0) is 0 Å². The van der Waals surface area contributed by atoms with Gasteiger partial charge in [0, 0.05) is 11.0 Å². The number of unbranched alkanes of at least 4 members (excludes halogenated alkanes) is 2. The predicted octanol–water partition coefficient (Wildman–Crippen LogP) is 2.89. The summed E-state index contributed by atoms with van der Waals surface area (Å²) in [6.45, 7) is 2.88. The highest BCUT2D eigenvalue weighted by molar-refractivity contribution is 9.10. The van der Waals surface area contributed by atoms with Crippen LogP contribution < -0.4 is 16.2 Å². The quantitative estimate of drug-likeness (QED) is 0.428. The van der Waals surface area contributed by atoms with Gasteiger partial charge in [0.1, 0.15) is 5.82 Å². The molecule has 0 aliphatic rings. The van der Waals surface area contributed by atoms with Crippen LogP contribution in [0.5, 0.6) is 0 Å². The Labute approximate surface area is 131 Å². The Bertz CT molecular complexity index is 485. The van der Waals surface area contributed by atoms with Crippen LogP contribution >= 0.6 is 28.1 Å². The number of hydrogen-bond acceptors (Lipinski definition) is 2. The van der Waals surface area contributed by atoms with Gasteiger partial charge in [-0.2, -0.15) is 0 Å². The number of rotatable bonds is 5. The van der Waals surface area contributed by atoms with Crippen molar-refractivity contribution in [1.29, 1.82) is 0 Å². The molecule has 0 bridgehead atoms. The zero-order valence-corrected chi connectivity index (χ0v) is 13.5. The van der Waals surface area contributed by atoms with Crippen molar-refractivity contribution in [3.63, 3.8) is 0 Å². The average Bonchev–Trinajstić information content (AvgIpc) is 2.41. The van der Waals surface area contributed by atoms with Crippen LogP contribution in [0, 0.1) is 5.82 Å². The number of nitrogens with one attached hydrogen (secondary N) is 3. The Morgan fingerprint density at radius 1 is 1.35 bits per heavy atom. The highest BCUT2D eigenvalue weighted by Gasteiger charge is 2.10. The van der Waals surface area contributed by atoms with Crippen LogP contribution in [0.25, 0.3) is 0 Å². The fourth-order valence-electron chi connectivity index (χ4n) is 1.48. The lowest BCUT2D eigenvalue weighted by Gasteiger charge is -2.12. The van der Waals surface area contributed by atoms with E-state index in [1.54, 1.807) is 0 Å². The molecule has 7 heteroatoms. The van der Waals surface area contributed by atoms with Gasteiger partial charge in [-0.25, -0.2) is 4.39 Å². The first kappa shape index (κ1) is 16.8. The fraction of sp³-hybridized carbons (Fsp3) is 0.385. The summed E-state index contributed by atoms with van der Waals surface area (Å²) in [7, 11) is 0. The van der Waals surface area contributed by atoms with Crippen LogP contribution in [0.2, 0.25) is 0 Å². The van der Waals surface area contributed by atoms with Gasteiger partial charge in [-0.05, 0) is 52.8 Å². The molecule has 0 spiro atoms. The van der Waals surface area contributed by atoms with E-state index in [2.05, 4.69) is 39.0 Å². The third-order valence-electron chi connectivity index (χ3n) is 2.53. The molecule has 20 heavy (non-hydrogen) atoms. The highest BCUT2D eigenvalue weighted by Crippen LogP contribution is 2.17. The van der Waals surface area contributed by atoms with E-state index in [4.69, 9.17) is 12.2 Å². The third-order valence-corrected chi connectivity index (χ3v) is 3.43. The van der Waals surface area contributed by atoms with Crippen LogP contribution in [-0.4, -0.2) is 17.6 Å². The zero-order valence-electron chi connectivity index (χ0n) is 11.1. The number of benzene rings is 1. The van der Waals surface area contributed by atoms with Gasteiger partial charge in [-0.3, -0.25) is 15.6 Å². The van der Waals surface area contributed by atoms with Crippen molar-refractivity contribution in [2.24, 2.45) is 0 Å². The standard InChI is InChI=1S/C13H17BrFN3OS/c1-2-3-4-7-16-13(20)18-17-12(19)10-6-5-9(15)8-11(10)14/h5-6,8H,2-4,7H2,1H3,(H,17,19)(H2,16,18,20). The monoisotopic (exact) mass is 361 g/mol. The molecule has 0 radical (unpaired) electrons. The molecule has 1 amide bonds. The van der Waals surface area contributed by atoms with Gasteiger partial charge in [0.2, 0.25) is 0 Å². The molecule has 1 rings (SSSR count). The first-order valence-corrected chi connectivity index (χ1v) is 7.54. The molecule has 0 aliphatic heterocycles. The van der Waals surface area contributed by atoms with Crippen LogP contribution in [0.4, 0.5) is 4.39 Å². The van der Waals surface area contributed by atoms with Crippen molar-refractivity contribution >= 4 is 39.2 Å². The predicted molar refractivity (Wildman–Crippen MR) is 84.8 cm³/mol. The number of halogens is 2. The minimum absolute atomic E-state index is 0.327. The van der Waals surface area contributed by atoms with E-state index in [1.165, 1.54) is 18.2 Å². The van der Waals surface area contributed by atoms with Gasteiger partial charge >= 0.3 is 0 Å². The smallest absolute Gasteiger partial charge is 0.270 e. The molecular formula is C13H17BrFN3OS. The third kappa shape index (κ3) is 5.83. The van der Waals surface area contributed by atoms with Gasteiger partial charge in [-0.1, -0.05) is 19.8 Å². The molecule has 0 atom stereocenters.